The number of carbonyl (C=O) groups excluding carboxylic acids is 2. The van der Waals surface area contributed by atoms with Gasteiger partial charge < -0.3 is 0 Å². The highest BCUT2D eigenvalue weighted by atomic mass is 19.4. The average Bonchev–Trinajstić information content (AvgIpc) is 2.45. The second-order valence-corrected chi connectivity index (χ2v) is 4.11. The molecule has 0 aliphatic carbocycles. The van der Waals surface area contributed by atoms with Crippen LogP contribution in [0.3, 0.4) is 0 Å². The fourth-order valence-corrected chi connectivity index (χ4v) is 1.89. The highest BCUT2D eigenvalue weighted by Crippen LogP contribution is 2.36. The summed E-state index contributed by atoms with van der Waals surface area (Å²) in [5, 5.41) is 0. The van der Waals surface area contributed by atoms with Crippen LogP contribution in [0, 0.1) is 0 Å². The van der Waals surface area contributed by atoms with Gasteiger partial charge in [0, 0.05) is 5.56 Å². The third kappa shape index (κ3) is 2.77. The molecule has 20 heavy (non-hydrogen) atoms. The SMILES string of the molecule is O=CC(=O)c1cccc(-c2ccccc2C(F)(F)F)c1. The maximum absolute atomic E-state index is 12.9. The summed E-state index contributed by atoms with van der Waals surface area (Å²) in [6.45, 7) is 0. The van der Waals surface area contributed by atoms with Crippen LogP contribution < -0.4 is 0 Å². The number of halogens is 3. The van der Waals surface area contributed by atoms with Crippen LogP contribution in [0.4, 0.5) is 13.2 Å². The van der Waals surface area contributed by atoms with E-state index in [0.717, 1.165) is 6.07 Å². The molecule has 2 aromatic rings. The first-order valence-electron chi connectivity index (χ1n) is 5.69. The fraction of sp³-hybridized carbons (Fsp3) is 0.0667. The standard InChI is InChI=1S/C15H9F3O2/c16-15(17,18)13-7-2-1-6-12(13)10-4-3-5-11(8-10)14(20)9-19/h1-9H. The predicted octanol–water partition coefficient (Wildman–Crippen LogP) is 3.75. The number of carbonyl (C=O) groups is 2. The Hall–Kier alpha value is -2.43. The second kappa shape index (κ2) is 5.28. The minimum atomic E-state index is -4.48. The number of hydrogen-bond donors (Lipinski definition) is 0. The van der Waals surface area contributed by atoms with E-state index in [1.54, 1.807) is 0 Å². The molecule has 0 heterocycles. The Kier molecular flexibility index (Phi) is 3.70. The van der Waals surface area contributed by atoms with Crippen molar-refractivity contribution in [2.75, 3.05) is 0 Å². The van der Waals surface area contributed by atoms with Gasteiger partial charge in [-0.2, -0.15) is 13.2 Å². The Morgan fingerprint density at radius 1 is 1.00 bits per heavy atom. The summed E-state index contributed by atoms with van der Waals surface area (Å²) in [7, 11) is 0. The van der Waals surface area contributed by atoms with Gasteiger partial charge in [0.25, 0.3) is 0 Å². The molecule has 0 fully saturated rings. The predicted molar refractivity (Wildman–Crippen MR) is 67.3 cm³/mol. The normalized spacial score (nSPS) is 11.2. The lowest BCUT2D eigenvalue weighted by Gasteiger charge is -2.13. The molecule has 0 aliphatic heterocycles. The van der Waals surface area contributed by atoms with Crippen molar-refractivity contribution >= 4 is 12.1 Å². The second-order valence-electron chi connectivity index (χ2n) is 4.11. The van der Waals surface area contributed by atoms with E-state index < -0.39 is 17.5 Å². The first kappa shape index (κ1) is 14.0. The van der Waals surface area contributed by atoms with Crippen molar-refractivity contribution in [2.24, 2.45) is 0 Å². The summed E-state index contributed by atoms with van der Waals surface area (Å²) >= 11 is 0. The Labute approximate surface area is 112 Å². The number of benzene rings is 2. The lowest BCUT2D eigenvalue weighted by atomic mass is 9.97. The summed E-state index contributed by atoms with van der Waals surface area (Å²) in [5.74, 6) is -0.767. The van der Waals surface area contributed by atoms with Crippen LogP contribution in [0.5, 0.6) is 0 Å². The Balaban J connectivity index is 2.58. The van der Waals surface area contributed by atoms with Crippen molar-refractivity contribution in [3.63, 3.8) is 0 Å². The molecule has 2 rings (SSSR count). The maximum atomic E-state index is 12.9. The minimum absolute atomic E-state index is 0.0273. The van der Waals surface area contributed by atoms with Gasteiger partial charge in [-0.15, -0.1) is 0 Å². The van der Waals surface area contributed by atoms with Gasteiger partial charge in [0.1, 0.15) is 0 Å². The van der Waals surface area contributed by atoms with Gasteiger partial charge in [0.05, 0.1) is 5.56 Å². The van der Waals surface area contributed by atoms with Crippen LogP contribution in [0.25, 0.3) is 11.1 Å². The van der Waals surface area contributed by atoms with Gasteiger partial charge in [-0.1, -0.05) is 36.4 Å². The van der Waals surface area contributed by atoms with E-state index in [1.807, 2.05) is 0 Å². The fourth-order valence-electron chi connectivity index (χ4n) is 1.89. The molecule has 0 aliphatic rings. The van der Waals surface area contributed by atoms with E-state index in [-0.39, 0.29) is 23.0 Å². The summed E-state index contributed by atoms with van der Waals surface area (Å²) in [4.78, 5) is 21.7. The number of ketones is 1. The number of aldehydes is 1. The zero-order valence-corrected chi connectivity index (χ0v) is 10.1. The zero-order chi connectivity index (χ0) is 14.8. The smallest absolute Gasteiger partial charge is 0.294 e. The van der Waals surface area contributed by atoms with Gasteiger partial charge in [0.2, 0.25) is 5.78 Å². The molecule has 0 radical (unpaired) electrons. The lowest BCUT2D eigenvalue weighted by molar-refractivity contribution is -0.137. The highest BCUT2D eigenvalue weighted by molar-refractivity contribution is 6.33. The average molecular weight is 278 g/mol. The Bertz CT molecular complexity index is 660. The van der Waals surface area contributed by atoms with E-state index in [1.165, 1.54) is 42.5 Å². The van der Waals surface area contributed by atoms with Crippen molar-refractivity contribution in [1.29, 1.82) is 0 Å². The summed E-state index contributed by atoms with van der Waals surface area (Å²) in [6, 6.07) is 10.7. The molecule has 2 nitrogen and oxygen atoms in total. The molecular formula is C15H9F3O2. The van der Waals surface area contributed by atoms with Crippen LogP contribution in [0.15, 0.2) is 48.5 Å². The molecule has 0 amide bonds. The third-order valence-electron chi connectivity index (χ3n) is 2.80. The molecule has 0 saturated heterocycles. The van der Waals surface area contributed by atoms with E-state index in [2.05, 4.69) is 0 Å². The van der Waals surface area contributed by atoms with Crippen LogP contribution in [-0.2, 0) is 11.0 Å². The summed E-state index contributed by atoms with van der Waals surface area (Å²) in [5.41, 5.74) is -0.503. The molecule has 0 saturated carbocycles. The van der Waals surface area contributed by atoms with Crippen molar-refractivity contribution in [1.82, 2.24) is 0 Å². The van der Waals surface area contributed by atoms with Crippen molar-refractivity contribution in [3.8, 4) is 11.1 Å². The Morgan fingerprint density at radius 3 is 2.35 bits per heavy atom. The summed E-state index contributed by atoms with van der Waals surface area (Å²) in [6.07, 6.45) is -4.35. The van der Waals surface area contributed by atoms with Gasteiger partial charge in [-0.3, -0.25) is 9.59 Å². The third-order valence-corrected chi connectivity index (χ3v) is 2.80. The number of alkyl halides is 3. The summed E-state index contributed by atoms with van der Waals surface area (Å²) < 4.78 is 38.8. The van der Waals surface area contributed by atoms with Crippen LogP contribution in [0.2, 0.25) is 0 Å². The van der Waals surface area contributed by atoms with Gasteiger partial charge in [-0.05, 0) is 23.3 Å². The lowest BCUT2D eigenvalue weighted by Crippen LogP contribution is -2.07. The molecule has 5 heteroatoms. The number of rotatable bonds is 3. The topological polar surface area (TPSA) is 34.1 Å². The van der Waals surface area contributed by atoms with E-state index >= 15 is 0 Å². The molecule has 0 atom stereocenters. The zero-order valence-electron chi connectivity index (χ0n) is 10.1. The molecule has 102 valence electrons. The molecule has 0 spiro atoms. The first-order chi connectivity index (χ1) is 9.43. The quantitative estimate of drug-likeness (QED) is 0.486. The number of hydrogen-bond acceptors (Lipinski definition) is 2. The van der Waals surface area contributed by atoms with Crippen molar-refractivity contribution < 1.29 is 22.8 Å². The largest absolute Gasteiger partial charge is 0.417 e. The van der Waals surface area contributed by atoms with E-state index in [0.29, 0.717) is 0 Å². The van der Waals surface area contributed by atoms with Gasteiger partial charge in [0.15, 0.2) is 6.29 Å². The van der Waals surface area contributed by atoms with E-state index in [4.69, 9.17) is 0 Å². The monoisotopic (exact) mass is 278 g/mol. The van der Waals surface area contributed by atoms with Gasteiger partial charge in [-0.25, -0.2) is 0 Å². The van der Waals surface area contributed by atoms with Crippen molar-refractivity contribution in [3.05, 3.63) is 59.7 Å². The first-order valence-corrected chi connectivity index (χ1v) is 5.69. The number of Topliss-reactive ketones (excluding diaryl/α,β-unsaturated/α-hetero) is 1. The molecule has 0 aromatic heterocycles. The molecule has 0 unspecified atom stereocenters. The van der Waals surface area contributed by atoms with Crippen LogP contribution in [0.1, 0.15) is 15.9 Å². The maximum Gasteiger partial charge on any atom is 0.417 e. The van der Waals surface area contributed by atoms with E-state index in [9.17, 15) is 22.8 Å². The minimum Gasteiger partial charge on any atom is -0.294 e. The molecule has 0 N–H and O–H groups in total. The molecule has 2 aromatic carbocycles. The Morgan fingerprint density at radius 2 is 1.70 bits per heavy atom. The highest BCUT2D eigenvalue weighted by Gasteiger charge is 2.33. The van der Waals surface area contributed by atoms with Crippen molar-refractivity contribution in [2.45, 2.75) is 6.18 Å². The molecule has 0 bridgehead atoms. The van der Waals surface area contributed by atoms with Gasteiger partial charge >= 0.3 is 6.18 Å². The van der Waals surface area contributed by atoms with Crippen LogP contribution in [-0.4, -0.2) is 12.1 Å². The molecular weight excluding hydrogens is 269 g/mol. The van der Waals surface area contributed by atoms with Crippen LogP contribution >= 0.6 is 0 Å².